The summed E-state index contributed by atoms with van der Waals surface area (Å²) in [5, 5.41) is 14.6. The molecule has 2 rings (SSSR count). The van der Waals surface area contributed by atoms with Gasteiger partial charge in [0.25, 0.3) is 0 Å². The Morgan fingerprint density at radius 2 is 1.95 bits per heavy atom. The van der Waals surface area contributed by atoms with Gasteiger partial charge in [0, 0.05) is 18.2 Å². The van der Waals surface area contributed by atoms with E-state index in [2.05, 4.69) is 20.6 Å². The fourth-order valence-electron chi connectivity index (χ4n) is 1.72. The maximum atomic E-state index is 8.52. The van der Waals surface area contributed by atoms with Crippen LogP contribution in [0, 0.1) is 11.3 Å². The molecule has 6 nitrogen and oxygen atoms in total. The monoisotopic (exact) mass is 269 g/mol. The van der Waals surface area contributed by atoms with Gasteiger partial charge in [0.2, 0.25) is 0 Å². The number of hydrogen-bond acceptors (Lipinski definition) is 6. The van der Waals surface area contributed by atoms with E-state index in [0.29, 0.717) is 18.2 Å². The van der Waals surface area contributed by atoms with Crippen molar-refractivity contribution in [2.75, 3.05) is 24.3 Å². The standard InChI is InChI=1S/C14H15N5O/c1-20-12-5-3-2-4-11(12)9-17-14-8-13(16-7-6-15)18-10-19-14/h2-5,8,10H,7,9H2,1H3,(H2,16,17,18,19). The Labute approximate surface area is 117 Å². The molecule has 1 heterocycles. The molecule has 1 aromatic carbocycles. The molecule has 1 aromatic heterocycles. The van der Waals surface area contributed by atoms with Gasteiger partial charge in [-0.05, 0) is 6.07 Å². The summed E-state index contributed by atoms with van der Waals surface area (Å²) in [6, 6.07) is 11.5. The van der Waals surface area contributed by atoms with Gasteiger partial charge in [-0.2, -0.15) is 5.26 Å². The summed E-state index contributed by atoms with van der Waals surface area (Å²) in [5.41, 5.74) is 1.04. The number of anilines is 2. The molecule has 0 aliphatic rings. The minimum atomic E-state index is 0.211. The summed E-state index contributed by atoms with van der Waals surface area (Å²) < 4.78 is 5.29. The Hall–Kier alpha value is -2.81. The van der Waals surface area contributed by atoms with Crippen molar-refractivity contribution in [3.05, 3.63) is 42.2 Å². The van der Waals surface area contributed by atoms with Crippen LogP contribution in [0.3, 0.4) is 0 Å². The lowest BCUT2D eigenvalue weighted by Gasteiger charge is -2.10. The highest BCUT2D eigenvalue weighted by atomic mass is 16.5. The molecule has 0 saturated carbocycles. The average Bonchev–Trinajstić information content (AvgIpc) is 2.51. The van der Waals surface area contributed by atoms with Crippen molar-refractivity contribution < 1.29 is 4.74 Å². The Balaban J connectivity index is 2.02. The van der Waals surface area contributed by atoms with Crippen LogP contribution in [-0.4, -0.2) is 23.6 Å². The number of benzene rings is 1. The fourth-order valence-corrected chi connectivity index (χ4v) is 1.72. The molecule has 2 N–H and O–H groups in total. The summed E-state index contributed by atoms with van der Waals surface area (Å²) in [4.78, 5) is 8.16. The van der Waals surface area contributed by atoms with E-state index in [0.717, 1.165) is 11.3 Å². The van der Waals surface area contributed by atoms with Crippen LogP contribution in [0.15, 0.2) is 36.7 Å². The predicted octanol–water partition coefficient (Wildman–Crippen LogP) is 2.03. The zero-order valence-corrected chi connectivity index (χ0v) is 11.1. The molecule has 0 aliphatic heterocycles. The highest BCUT2D eigenvalue weighted by Gasteiger charge is 2.02. The number of nitriles is 1. The first-order chi connectivity index (χ1) is 9.83. The molecule has 0 saturated heterocycles. The number of ether oxygens (including phenoxy) is 1. The molecule has 0 spiro atoms. The highest BCUT2D eigenvalue weighted by molar-refractivity contribution is 5.47. The maximum absolute atomic E-state index is 8.52. The number of rotatable bonds is 6. The van der Waals surface area contributed by atoms with E-state index in [-0.39, 0.29) is 6.54 Å². The minimum absolute atomic E-state index is 0.211. The molecule has 0 aliphatic carbocycles. The largest absolute Gasteiger partial charge is 0.496 e. The Morgan fingerprint density at radius 3 is 2.70 bits per heavy atom. The first kappa shape index (κ1) is 13.6. The lowest BCUT2D eigenvalue weighted by atomic mass is 10.2. The van der Waals surface area contributed by atoms with E-state index >= 15 is 0 Å². The van der Waals surface area contributed by atoms with Crippen molar-refractivity contribution in [3.8, 4) is 11.8 Å². The number of para-hydroxylation sites is 1. The number of nitrogens with one attached hydrogen (secondary N) is 2. The molecule has 102 valence electrons. The van der Waals surface area contributed by atoms with Crippen molar-refractivity contribution in [2.24, 2.45) is 0 Å². The number of nitrogens with zero attached hydrogens (tertiary/aromatic N) is 3. The van der Waals surface area contributed by atoms with Gasteiger partial charge in [0.1, 0.15) is 30.3 Å². The van der Waals surface area contributed by atoms with Crippen molar-refractivity contribution in [1.29, 1.82) is 5.26 Å². The topological polar surface area (TPSA) is 82.9 Å². The van der Waals surface area contributed by atoms with E-state index in [9.17, 15) is 0 Å². The van der Waals surface area contributed by atoms with Crippen molar-refractivity contribution in [2.45, 2.75) is 6.54 Å². The van der Waals surface area contributed by atoms with E-state index in [1.807, 2.05) is 30.3 Å². The summed E-state index contributed by atoms with van der Waals surface area (Å²) >= 11 is 0. The summed E-state index contributed by atoms with van der Waals surface area (Å²) in [5.74, 6) is 2.13. The molecule has 6 heteroatoms. The molecule has 0 fully saturated rings. The van der Waals surface area contributed by atoms with Crippen molar-refractivity contribution in [1.82, 2.24) is 9.97 Å². The maximum Gasteiger partial charge on any atom is 0.132 e. The lowest BCUT2D eigenvalue weighted by Crippen LogP contribution is -2.06. The van der Waals surface area contributed by atoms with Crippen LogP contribution in [0.4, 0.5) is 11.6 Å². The lowest BCUT2D eigenvalue weighted by molar-refractivity contribution is 0.410. The molecular weight excluding hydrogens is 254 g/mol. The zero-order chi connectivity index (χ0) is 14.2. The number of methoxy groups -OCH3 is 1. The normalized spacial score (nSPS) is 9.60. The molecule has 0 atom stereocenters. The highest BCUT2D eigenvalue weighted by Crippen LogP contribution is 2.18. The van der Waals surface area contributed by atoms with Gasteiger partial charge in [0.05, 0.1) is 13.2 Å². The van der Waals surface area contributed by atoms with Crippen molar-refractivity contribution in [3.63, 3.8) is 0 Å². The van der Waals surface area contributed by atoms with Crippen LogP contribution < -0.4 is 15.4 Å². The second-order valence-electron chi connectivity index (χ2n) is 3.97. The SMILES string of the molecule is COc1ccccc1CNc1cc(NCC#N)ncn1. The van der Waals surface area contributed by atoms with Crippen LogP contribution >= 0.6 is 0 Å². The number of hydrogen-bond donors (Lipinski definition) is 2. The van der Waals surface area contributed by atoms with Gasteiger partial charge in [-0.1, -0.05) is 18.2 Å². The molecular formula is C14H15N5O. The third-order valence-electron chi connectivity index (χ3n) is 2.67. The van der Waals surface area contributed by atoms with Gasteiger partial charge in [0.15, 0.2) is 0 Å². The smallest absolute Gasteiger partial charge is 0.132 e. The first-order valence-electron chi connectivity index (χ1n) is 6.12. The van der Waals surface area contributed by atoms with Gasteiger partial charge in [-0.15, -0.1) is 0 Å². The molecule has 0 unspecified atom stereocenters. The second kappa shape index (κ2) is 6.95. The van der Waals surface area contributed by atoms with Crippen LogP contribution in [0.5, 0.6) is 5.75 Å². The summed E-state index contributed by atoms with van der Waals surface area (Å²) in [6.07, 6.45) is 1.45. The van der Waals surface area contributed by atoms with Crippen LogP contribution in [-0.2, 0) is 6.54 Å². The third-order valence-corrected chi connectivity index (χ3v) is 2.67. The zero-order valence-electron chi connectivity index (χ0n) is 11.1. The Kier molecular flexibility index (Phi) is 4.73. The Morgan fingerprint density at radius 1 is 1.20 bits per heavy atom. The average molecular weight is 269 g/mol. The van der Waals surface area contributed by atoms with Crippen LogP contribution in [0.2, 0.25) is 0 Å². The fraction of sp³-hybridized carbons (Fsp3) is 0.214. The Bertz CT molecular complexity index is 609. The van der Waals surface area contributed by atoms with E-state index < -0.39 is 0 Å². The molecule has 20 heavy (non-hydrogen) atoms. The minimum Gasteiger partial charge on any atom is -0.496 e. The first-order valence-corrected chi connectivity index (χ1v) is 6.12. The third kappa shape index (κ3) is 3.59. The van der Waals surface area contributed by atoms with Crippen LogP contribution in [0.25, 0.3) is 0 Å². The predicted molar refractivity (Wildman–Crippen MR) is 76.5 cm³/mol. The summed E-state index contributed by atoms with van der Waals surface area (Å²) in [6.45, 7) is 0.807. The van der Waals surface area contributed by atoms with Gasteiger partial charge in [-0.3, -0.25) is 0 Å². The van der Waals surface area contributed by atoms with Gasteiger partial charge < -0.3 is 15.4 Å². The van der Waals surface area contributed by atoms with Crippen molar-refractivity contribution >= 4 is 11.6 Å². The van der Waals surface area contributed by atoms with Gasteiger partial charge in [-0.25, -0.2) is 9.97 Å². The van der Waals surface area contributed by atoms with Crippen LogP contribution in [0.1, 0.15) is 5.56 Å². The molecule has 0 bridgehead atoms. The van der Waals surface area contributed by atoms with E-state index in [1.165, 1.54) is 6.33 Å². The van der Waals surface area contributed by atoms with E-state index in [4.69, 9.17) is 10.00 Å². The van der Waals surface area contributed by atoms with E-state index in [1.54, 1.807) is 13.2 Å². The quantitative estimate of drug-likeness (QED) is 0.781. The molecule has 0 amide bonds. The summed E-state index contributed by atoms with van der Waals surface area (Å²) in [7, 11) is 1.65. The number of aromatic nitrogens is 2. The van der Waals surface area contributed by atoms with Gasteiger partial charge >= 0.3 is 0 Å². The molecule has 0 radical (unpaired) electrons. The molecule has 2 aromatic rings. The second-order valence-corrected chi connectivity index (χ2v) is 3.97.